The predicted molar refractivity (Wildman–Crippen MR) is 105 cm³/mol. The molecular weight excluding hydrogens is 354 g/mol. The number of hydrogen-bond donors (Lipinski definition) is 1. The van der Waals surface area contributed by atoms with E-state index in [1.165, 1.54) is 17.3 Å². The molecule has 0 aromatic heterocycles. The van der Waals surface area contributed by atoms with Crippen molar-refractivity contribution >= 4 is 40.3 Å². The van der Waals surface area contributed by atoms with Crippen LogP contribution in [-0.4, -0.2) is 17.3 Å². The van der Waals surface area contributed by atoms with Crippen LogP contribution in [0.5, 0.6) is 11.5 Å². The van der Waals surface area contributed by atoms with Crippen molar-refractivity contribution in [2.75, 3.05) is 7.11 Å². The topological polar surface area (TPSA) is 47.6 Å². The Bertz CT molecular complexity index is 844. The number of nitrogens with one attached hydrogen (secondary N) is 1. The molecule has 6 heteroatoms. The van der Waals surface area contributed by atoms with E-state index in [0.717, 1.165) is 11.1 Å². The lowest BCUT2D eigenvalue weighted by atomic mass is 10.1. The Labute approximate surface area is 156 Å². The van der Waals surface area contributed by atoms with Gasteiger partial charge in [0.05, 0.1) is 12.0 Å². The van der Waals surface area contributed by atoms with Crippen LogP contribution in [0.1, 0.15) is 16.7 Å². The lowest BCUT2D eigenvalue weighted by Crippen LogP contribution is -2.17. The number of amides is 1. The molecule has 1 heterocycles. The van der Waals surface area contributed by atoms with Gasteiger partial charge in [-0.3, -0.25) is 4.79 Å². The molecular formula is C19H17NO3S2. The number of carbonyl (C=O) groups is 1. The molecule has 2 aromatic carbocycles. The van der Waals surface area contributed by atoms with E-state index in [0.29, 0.717) is 27.3 Å². The molecule has 1 amide bonds. The van der Waals surface area contributed by atoms with E-state index in [4.69, 9.17) is 21.7 Å². The first-order chi connectivity index (χ1) is 12.0. The summed E-state index contributed by atoms with van der Waals surface area (Å²) < 4.78 is 11.8. The van der Waals surface area contributed by atoms with Crippen molar-refractivity contribution in [3.05, 3.63) is 64.1 Å². The SMILES string of the molecule is COc1cc(C=C2SC(=S)NC2=O)ccc1OCc1ccc(C)cc1. The molecule has 1 N–H and O–H groups in total. The van der Waals surface area contributed by atoms with Crippen molar-refractivity contribution in [1.29, 1.82) is 0 Å². The molecule has 0 radical (unpaired) electrons. The molecule has 1 saturated heterocycles. The molecule has 2 aromatic rings. The first-order valence-electron chi connectivity index (χ1n) is 7.66. The maximum Gasteiger partial charge on any atom is 0.263 e. The number of carbonyl (C=O) groups excluding carboxylic acids is 1. The standard InChI is InChI=1S/C19H17NO3S2/c1-12-3-5-13(6-4-12)11-23-15-8-7-14(9-16(15)22-2)10-17-18(21)20-19(24)25-17/h3-10H,11H2,1-2H3,(H,20,21,24). The minimum Gasteiger partial charge on any atom is -0.493 e. The van der Waals surface area contributed by atoms with E-state index >= 15 is 0 Å². The van der Waals surface area contributed by atoms with Crippen molar-refractivity contribution in [2.24, 2.45) is 0 Å². The molecule has 0 aliphatic carbocycles. The smallest absolute Gasteiger partial charge is 0.263 e. The van der Waals surface area contributed by atoms with Gasteiger partial charge in [-0.2, -0.15) is 0 Å². The summed E-state index contributed by atoms with van der Waals surface area (Å²) in [5.41, 5.74) is 3.15. The third-order valence-electron chi connectivity index (χ3n) is 3.64. The fourth-order valence-electron chi connectivity index (χ4n) is 2.31. The Hall–Kier alpha value is -2.31. The van der Waals surface area contributed by atoms with Gasteiger partial charge in [0.1, 0.15) is 10.9 Å². The summed E-state index contributed by atoms with van der Waals surface area (Å²) in [6, 6.07) is 13.8. The number of rotatable bonds is 5. The van der Waals surface area contributed by atoms with E-state index in [1.54, 1.807) is 13.2 Å². The van der Waals surface area contributed by atoms with Crippen molar-refractivity contribution in [2.45, 2.75) is 13.5 Å². The van der Waals surface area contributed by atoms with E-state index in [-0.39, 0.29) is 5.91 Å². The average Bonchev–Trinajstić information content (AvgIpc) is 2.92. The van der Waals surface area contributed by atoms with Gasteiger partial charge in [0.25, 0.3) is 5.91 Å². The lowest BCUT2D eigenvalue weighted by molar-refractivity contribution is -0.115. The van der Waals surface area contributed by atoms with Crippen LogP contribution in [0.25, 0.3) is 6.08 Å². The van der Waals surface area contributed by atoms with Gasteiger partial charge in [-0.05, 0) is 36.3 Å². The van der Waals surface area contributed by atoms with Gasteiger partial charge >= 0.3 is 0 Å². The first-order valence-corrected chi connectivity index (χ1v) is 8.89. The summed E-state index contributed by atoms with van der Waals surface area (Å²) in [5.74, 6) is 1.10. The molecule has 4 nitrogen and oxygen atoms in total. The minimum atomic E-state index is -0.173. The fraction of sp³-hybridized carbons (Fsp3) is 0.158. The fourth-order valence-corrected chi connectivity index (χ4v) is 3.36. The maximum atomic E-state index is 11.8. The Kier molecular flexibility index (Phi) is 5.40. The number of aryl methyl sites for hydroxylation is 1. The van der Waals surface area contributed by atoms with Crippen molar-refractivity contribution in [3.8, 4) is 11.5 Å². The van der Waals surface area contributed by atoms with Gasteiger partial charge in [0.15, 0.2) is 11.5 Å². The van der Waals surface area contributed by atoms with Gasteiger partial charge in [0.2, 0.25) is 0 Å². The number of thioether (sulfide) groups is 1. The number of thiocarbonyl (C=S) groups is 1. The molecule has 0 unspecified atom stereocenters. The molecule has 25 heavy (non-hydrogen) atoms. The monoisotopic (exact) mass is 371 g/mol. The second-order valence-electron chi connectivity index (χ2n) is 5.54. The third-order valence-corrected chi connectivity index (χ3v) is 4.81. The summed E-state index contributed by atoms with van der Waals surface area (Å²) in [4.78, 5) is 12.3. The van der Waals surface area contributed by atoms with Crippen LogP contribution >= 0.6 is 24.0 Å². The van der Waals surface area contributed by atoms with Crippen LogP contribution in [0.15, 0.2) is 47.4 Å². The number of hydrogen-bond acceptors (Lipinski definition) is 5. The quantitative estimate of drug-likeness (QED) is 0.634. The Morgan fingerprint density at radius 1 is 1.16 bits per heavy atom. The highest BCUT2D eigenvalue weighted by Crippen LogP contribution is 2.32. The Balaban J connectivity index is 1.75. The molecule has 3 rings (SSSR count). The van der Waals surface area contributed by atoms with Crippen LogP contribution in [0.4, 0.5) is 0 Å². The van der Waals surface area contributed by atoms with Crippen molar-refractivity contribution in [3.63, 3.8) is 0 Å². The highest BCUT2D eigenvalue weighted by atomic mass is 32.2. The third kappa shape index (κ3) is 4.41. The van der Waals surface area contributed by atoms with E-state index in [2.05, 4.69) is 24.4 Å². The molecule has 0 bridgehead atoms. The van der Waals surface area contributed by atoms with Gasteiger partial charge in [-0.1, -0.05) is 59.9 Å². The van der Waals surface area contributed by atoms with E-state index in [9.17, 15) is 4.79 Å². The first kappa shape index (κ1) is 17.5. The number of ether oxygens (including phenoxy) is 2. The lowest BCUT2D eigenvalue weighted by Gasteiger charge is -2.11. The second-order valence-corrected chi connectivity index (χ2v) is 7.26. The summed E-state index contributed by atoms with van der Waals surface area (Å²) >= 11 is 6.25. The molecule has 0 atom stereocenters. The molecule has 128 valence electrons. The summed E-state index contributed by atoms with van der Waals surface area (Å²) in [6.45, 7) is 2.51. The molecule has 0 saturated carbocycles. The summed E-state index contributed by atoms with van der Waals surface area (Å²) in [5, 5.41) is 2.60. The van der Waals surface area contributed by atoms with Gasteiger partial charge in [0, 0.05) is 0 Å². The summed E-state index contributed by atoms with van der Waals surface area (Å²) in [6.07, 6.45) is 1.78. The molecule has 1 fully saturated rings. The zero-order chi connectivity index (χ0) is 17.8. The minimum absolute atomic E-state index is 0.173. The van der Waals surface area contributed by atoms with Crippen molar-refractivity contribution < 1.29 is 14.3 Å². The molecule has 1 aliphatic heterocycles. The van der Waals surface area contributed by atoms with Crippen LogP contribution in [0, 0.1) is 6.92 Å². The highest BCUT2D eigenvalue weighted by Gasteiger charge is 2.22. The number of benzene rings is 2. The normalized spacial score (nSPS) is 15.4. The zero-order valence-corrected chi connectivity index (χ0v) is 15.5. The zero-order valence-electron chi connectivity index (χ0n) is 13.9. The van der Waals surface area contributed by atoms with Gasteiger partial charge in [-0.25, -0.2) is 0 Å². The van der Waals surface area contributed by atoms with Crippen LogP contribution in [-0.2, 0) is 11.4 Å². The van der Waals surface area contributed by atoms with Crippen LogP contribution in [0.3, 0.4) is 0 Å². The molecule has 1 aliphatic rings. The van der Waals surface area contributed by atoms with Gasteiger partial charge < -0.3 is 14.8 Å². The second kappa shape index (κ2) is 7.72. The van der Waals surface area contributed by atoms with Crippen molar-refractivity contribution in [1.82, 2.24) is 5.32 Å². The predicted octanol–water partition coefficient (Wildman–Crippen LogP) is 4.07. The largest absolute Gasteiger partial charge is 0.493 e. The van der Waals surface area contributed by atoms with E-state index in [1.807, 2.05) is 30.3 Å². The number of methoxy groups -OCH3 is 1. The Morgan fingerprint density at radius 2 is 1.92 bits per heavy atom. The van der Waals surface area contributed by atoms with E-state index < -0.39 is 0 Å². The highest BCUT2D eigenvalue weighted by molar-refractivity contribution is 8.26. The average molecular weight is 371 g/mol. The molecule has 0 spiro atoms. The van der Waals surface area contributed by atoms with Crippen LogP contribution in [0.2, 0.25) is 0 Å². The van der Waals surface area contributed by atoms with Crippen LogP contribution < -0.4 is 14.8 Å². The summed E-state index contributed by atoms with van der Waals surface area (Å²) in [7, 11) is 1.59. The maximum absolute atomic E-state index is 11.8. The Morgan fingerprint density at radius 3 is 2.56 bits per heavy atom. The van der Waals surface area contributed by atoms with Gasteiger partial charge in [-0.15, -0.1) is 0 Å².